The third-order valence-corrected chi connectivity index (χ3v) is 7.31. The summed E-state index contributed by atoms with van der Waals surface area (Å²) < 4.78 is 7.23. The third-order valence-electron chi connectivity index (χ3n) is 6.49. The molecule has 0 bridgehead atoms. The first kappa shape index (κ1) is 20.7. The van der Waals surface area contributed by atoms with Crippen LogP contribution in [0.25, 0.3) is 0 Å². The lowest BCUT2D eigenvalue weighted by Gasteiger charge is -2.46. The summed E-state index contributed by atoms with van der Waals surface area (Å²) in [6.45, 7) is 2.51. The summed E-state index contributed by atoms with van der Waals surface area (Å²) in [5, 5.41) is 12.6. The zero-order valence-corrected chi connectivity index (χ0v) is 18.8. The van der Waals surface area contributed by atoms with Crippen molar-refractivity contribution >= 4 is 22.6 Å². The summed E-state index contributed by atoms with van der Waals surface area (Å²) in [5.74, 6) is 0. The summed E-state index contributed by atoms with van der Waals surface area (Å²) in [7, 11) is 0. The standard InChI is InChI=1S/C23H27IN4O/c24-19-13-18(16-28-20(19)14-25)15-26-11-8-22(21-5-1-4-10-27-21)9-12-29-23(17-22)6-2-3-7-23/h1,4-5,10,13,16,26H,2-3,6-9,11-12,15,17H2/t22-/m1/s1. The van der Waals surface area contributed by atoms with Crippen molar-refractivity contribution in [3.8, 4) is 6.07 Å². The molecular formula is C23H27IN4O. The minimum Gasteiger partial charge on any atom is -0.375 e. The Kier molecular flexibility index (Phi) is 6.47. The molecule has 1 aliphatic carbocycles. The highest BCUT2D eigenvalue weighted by atomic mass is 127. The van der Waals surface area contributed by atoms with E-state index in [4.69, 9.17) is 15.0 Å². The number of hydrogen-bond acceptors (Lipinski definition) is 5. The van der Waals surface area contributed by atoms with Gasteiger partial charge in [-0.25, -0.2) is 4.98 Å². The molecule has 0 unspecified atom stereocenters. The highest BCUT2D eigenvalue weighted by molar-refractivity contribution is 14.1. The van der Waals surface area contributed by atoms with Crippen molar-refractivity contribution in [1.29, 1.82) is 5.26 Å². The maximum Gasteiger partial charge on any atom is 0.153 e. The van der Waals surface area contributed by atoms with Crippen molar-refractivity contribution in [1.82, 2.24) is 15.3 Å². The van der Waals surface area contributed by atoms with Gasteiger partial charge in [0, 0.05) is 40.2 Å². The van der Waals surface area contributed by atoms with E-state index >= 15 is 0 Å². The Balaban J connectivity index is 1.44. The fourth-order valence-corrected chi connectivity index (χ4v) is 5.67. The van der Waals surface area contributed by atoms with Gasteiger partial charge in [0.05, 0.1) is 5.60 Å². The number of hydrogen-bond donors (Lipinski definition) is 1. The zero-order chi connectivity index (χ0) is 20.2. The van der Waals surface area contributed by atoms with Gasteiger partial charge in [-0.2, -0.15) is 5.26 Å². The van der Waals surface area contributed by atoms with Gasteiger partial charge in [-0.1, -0.05) is 18.9 Å². The van der Waals surface area contributed by atoms with Gasteiger partial charge in [-0.05, 0) is 85.0 Å². The van der Waals surface area contributed by atoms with E-state index in [0.717, 1.165) is 48.1 Å². The van der Waals surface area contributed by atoms with Gasteiger partial charge < -0.3 is 10.1 Å². The van der Waals surface area contributed by atoms with Crippen LogP contribution in [0, 0.1) is 14.9 Å². The minimum atomic E-state index is 0.0585. The molecule has 3 heterocycles. The molecule has 29 heavy (non-hydrogen) atoms. The fraction of sp³-hybridized carbons (Fsp3) is 0.522. The van der Waals surface area contributed by atoms with Crippen molar-refractivity contribution < 1.29 is 4.74 Å². The Bertz CT molecular complexity index is 876. The SMILES string of the molecule is N#Cc1ncc(CNCC[C@@]2(c3ccccn3)CCOC3(CCCC3)C2)cc1I. The molecule has 0 radical (unpaired) electrons. The van der Waals surface area contributed by atoms with Crippen LogP contribution in [0.3, 0.4) is 0 Å². The first-order valence-corrected chi connectivity index (χ1v) is 11.5. The zero-order valence-electron chi connectivity index (χ0n) is 16.7. The Morgan fingerprint density at radius 2 is 2.07 bits per heavy atom. The molecule has 1 saturated heterocycles. The van der Waals surface area contributed by atoms with E-state index in [2.05, 4.69) is 51.1 Å². The average Bonchev–Trinajstić information content (AvgIpc) is 3.19. The molecule has 152 valence electrons. The summed E-state index contributed by atoms with van der Waals surface area (Å²) in [4.78, 5) is 9.01. The van der Waals surface area contributed by atoms with Crippen LogP contribution in [0.2, 0.25) is 0 Å². The number of nitriles is 1. The smallest absolute Gasteiger partial charge is 0.153 e. The van der Waals surface area contributed by atoms with E-state index in [1.165, 1.54) is 31.4 Å². The third kappa shape index (κ3) is 4.62. The number of nitrogens with zero attached hydrogens (tertiary/aromatic N) is 3. The number of nitrogens with one attached hydrogen (secondary N) is 1. The Morgan fingerprint density at radius 3 is 2.79 bits per heavy atom. The van der Waals surface area contributed by atoms with Crippen LogP contribution in [0.1, 0.15) is 61.9 Å². The van der Waals surface area contributed by atoms with Gasteiger partial charge in [-0.15, -0.1) is 0 Å². The Morgan fingerprint density at radius 1 is 1.21 bits per heavy atom. The molecule has 6 heteroatoms. The van der Waals surface area contributed by atoms with Crippen LogP contribution < -0.4 is 5.32 Å². The molecule has 5 nitrogen and oxygen atoms in total. The lowest BCUT2D eigenvalue weighted by Crippen LogP contribution is -2.47. The van der Waals surface area contributed by atoms with E-state index in [9.17, 15) is 0 Å². The molecule has 1 atom stereocenters. The highest BCUT2D eigenvalue weighted by Gasteiger charge is 2.48. The normalized spacial score (nSPS) is 23.2. The quantitative estimate of drug-likeness (QED) is 0.466. The summed E-state index contributed by atoms with van der Waals surface area (Å²) in [6, 6.07) is 10.5. The molecule has 2 aromatic rings. The van der Waals surface area contributed by atoms with E-state index in [-0.39, 0.29) is 11.0 Å². The second-order valence-corrected chi connectivity index (χ2v) is 9.54. The number of rotatable bonds is 6. The molecule has 1 saturated carbocycles. The van der Waals surface area contributed by atoms with Crippen LogP contribution in [0.5, 0.6) is 0 Å². The largest absolute Gasteiger partial charge is 0.375 e. The maximum absolute atomic E-state index is 9.04. The van der Waals surface area contributed by atoms with Gasteiger partial charge in [0.2, 0.25) is 0 Å². The van der Waals surface area contributed by atoms with E-state index in [1.807, 2.05) is 18.3 Å². The second kappa shape index (κ2) is 9.07. The van der Waals surface area contributed by atoms with Crippen LogP contribution in [-0.4, -0.2) is 28.7 Å². The lowest BCUT2D eigenvalue weighted by molar-refractivity contribution is -0.104. The van der Waals surface area contributed by atoms with Gasteiger partial charge in [0.15, 0.2) is 5.69 Å². The second-order valence-electron chi connectivity index (χ2n) is 8.37. The molecule has 1 aliphatic heterocycles. The van der Waals surface area contributed by atoms with Crippen molar-refractivity contribution in [2.24, 2.45) is 0 Å². The summed E-state index contributed by atoms with van der Waals surface area (Å²) in [6.07, 6.45) is 11.8. The van der Waals surface area contributed by atoms with E-state index < -0.39 is 0 Å². The van der Waals surface area contributed by atoms with Crippen molar-refractivity contribution in [2.45, 2.75) is 62.5 Å². The van der Waals surface area contributed by atoms with Crippen molar-refractivity contribution in [3.63, 3.8) is 0 Å². The molecule has 0 aromatic carbocycles. The first-order valence-electron chi connectivity index (χ1n) is 10.5. The monoisotopic (exact) mass is 502 g/mol. The molecule has 2 aromatic heterocycles. The number of pyridine rings is 2. The number of halogens is 1. The lowest BCUT2D eigenvalue weighted by atomic mass is 9.68. The molecule has 4 rings (SSSR count). The number of ether oxygens (including phenoxy) is 1. The van der Waals surface area contributed by atoms with Crippen LogP contribution in [-0.2, 0) is 16.7 Å². The Labute approximate surface area is 186 Å². The molecule has 0 amide bonds. The average molecular weight is 502 g/mol. The van der Waals surface area contributed by atoms with Crippen LogP contribution in [0.4, 0.5) is 0 Å². The molecule has 1 spiro atoms. The van der Waals surface area contributed by atoms with Gasteiger partial charge in [0.1, 0.15) is 6.07 Å². The van der Waals surface area contributed by atoms with Crippen molar-refractivity contribution in [3.05, 3.63) is 57.2 Å². The molecular weight excluding hydrogens is 475 g/mol. The van der Waals surface area contributed by atoms with Gasteiger partial charge >= 0.3 is 0 Å². The topological polar surface area (TPSA) is 70.8 Å². The van der Waals surface area contributed by atoms with E-state index in [1.54, 1.807) is 6.20 Å². The molecule has 2 aliphatic rings. The minimum absolute atomic E-state index is 0.0585. The Hall–Kier alpha value is -1.56. The summed E-state index contributed by atoms with van der Waals surface area (Å²) in [5.41, 5.74) is 2.95. The van der Waals surface area contributed by atoms with E-state index in [0.29, 0.717) is 5.69 Å². The van der Waals surface area contributed by atoms with Gasteiger partial charge in [0.25, 0.3) is 0 Å². The molecule has 1 N–H and O–H groups in total. The summed E-state index contributed by atoms with van der Waals surface area (Å²) >= 11 is 2.18. The first-order chi connectivity index (χ1) is 14.1. The van der Waals surface area contributed by atoms with Crippen LogP contribution >= 0.6 is 22.6 Å². The van der Waals surface area contributed by atoms with Crippen LogP contribution in [0.15, 0.2) is 36.7 Å². The fourth-order valence-electron chi connectivity index (χ4n) is 5.01. The maximum atomic E-state index is 9.04. The van der Waals surface area contributed by atoms with Gasteiger partial charge in [-0.3, -0.25) is 4.98 Å². The highest BCUT2D eigenvalue weighted by Crippen LogP contribution is 2.49. The number of aromatic nitrogens is 2. The molecule has 2 fully saturated rings. The predicted octanol–water partition coefficient (Wildman–Crippen LogP) is 4.49. The predicted molar refractivity (Wildman–Crippen MR) is 120 cm³/mol. The van der Waals surface area contributed by atoms with Crippen molar-refractivity contribution in [2.75, 3.05) is 13.2 Å².